The summed E-state index contributed by atoms with van der Waals surface area (Å²) in [6, 6.07) is 3.29. The zero-order chi connectivity index (χ0) is 18.7. The summed E-state index contributed by atoms with van der Waals surface area (Å²) in [5.41, 5.74) is -0.447. The van der Waals surface area contributed by atoms with Gasteiger partial charge in [0, 0.05) is 36.4 Å². The molecular formula is C21H29NO4. The van der Waals surface area contributed by atoms with E-state index in [9.17, 15) is 20.1 Å². The summed E-state index contributed by atoms with van der Waals surface area (Å²) in [7, 11) is 0. The molecular weight excluding hydrogens is 330 g/mol. The van der Waals surface area contributed by atoms with Crippen LogP contribution in [0, 0.1) is 5.92 Å². The van der Waals surface area contributed by atoms with Gasteiger partial charge in [0.2, 0.25) is 0 Å². The van der Waals surface area contributed by atoms with Crippen LogP contribution in [0.2, 0.25) is 0 Å². The summed E-state index contributed by atoms with van der Waals surface area (Å²) >= 11 is 0. The predicted octanol–water partition coefficient (Wildman–Crippen LogP) is 2.50. The predicted molar refractivity (Wildman–Crippen MR) is 98.4 cm³/mol. The normalized spacial score (nSPS) is 33.7. The number of nitrogens with zero attached hydrogens (tertiary/aromatic N) is 1. The van der Waals surface area contributed by atoms with Crippen molar-refractivity contribution in [3.8, 4) is 11.5 Å². The molecule has 1 saturated carbocycles. The van der Waals surface area contributed by atoms with E-state index in [0.29, 0.717) is 24.8 Å². The minimum Gasteiger partial charge on any atom is -0.504 e. The maximum atomic E-state index is 12.5. The third-order valence-electron chi connectivity index (χ3n) is 7.10. The molecule has 2 aliphatic carbocycles. The van der Waals surface area contributed by atoms with Gasteiger partial charge in [-0.2, -0.15) is 0 Å². The number of hydrogen-bond acceptors (Lipinski definition) is 5. The first-order valence-corrected chi connectivity index (χ1v) is 9.82. The molecule has 3 unspecified atom stereocenters. The van der Waals surface area contributed by atoms with E-state index in [1.807, 2.05) is 19.9 Å². The molecule has 1 aromatic rings. The molecule has 2 bridgehead atoms. The molecule has 5 nitrogen and oxygen atoms in total. The molecule has 0 amide bonds. The zero-order valence-corrected chi connectivity index (χ0v) is 15.7. The summed E-state index contributed by atoms with van der Waals surface area (Å²) in [6.45, 7) is 5.46. The van der Waals surface area contributed by atoms with E-state index in [1.54, 1.807) is 0 Å². The number of piperidine rings is 1. The number of phenolic OH excluding ortho intramolecular Hbond substituents is 2. The van der Waals surface area contributed by atoms with Crippen molar-refractivity contribution in [3.63, 3.8) is 0 Å². The van der Waals surface area contributed by atoms with Crippen molar-refractivity contribution >= 4 is 5.78 Å². The fourth-order valence-electron chi connectivity index (χ4n) is 5.33. The largest absolute Gasteiger partial charge is 0.504 e. The average molecular weight is 359 g/mol. The van der Waals surface area contributed by atoms with Crippen LogP contribution >= 0.6 is 0 Å². The van der Waals surface area contributed by atoms with Gasteiger partial charge in [0.25, 0.3) is 0 Å². The molecule has 5 heteroatoms. The lowest BCUT2D eigenvalue weighted by atomic mass is 9.53. The van der Waals surface area contributed by atoms with Crippen LogP contribution in [0.1, 0.15) is 57.1 Å². The molecule has 0 aromatic heterocycles. The van der Waals surface area contributed by atoms with Crippen LogP contribution < -0.4 is 0 Å². The quantitative estimate of drug-likeness (QED) is 0.704. The smallest absolute Gasteiger partial charge is 0.161 e. The average Bonchev–Trinajstić information content (AvgIpc) is 3.39. The molecule has 0 radical (unpaired) electrons. The molecule has 1 aliphatic heterocycles. The molecule has 1 heterocycles. The SMILES string of the molecule is CCC(=O)CC12CCN(CC3CC3)C(Cc3ccc(O)c(O)c31)C2(C)O. The van der Waals surface area contributed by atoms with Crippen molar-refractivity contribution in [1.82, 2.24) is 4.90 Å². The number of Topliss-reactive ketones (excluding diaryl/α,β-unsaturated/α-hetero) is 1. The Morgan fingerprint density at radius 2 is 2.04 bits per heavy atom. The van der Waals surface area contributed by atoms with E-state index < -0.39 is 11.0 Å². The lowest BCUT2D eigenvalue weighted by Crippen LogP contribution is -2.70. The second-order valence-electron chi connectivity index (χ2n) is 8.67. The lowest BCUT2D eigenvalue weighted by Gasteiger charge is -2.60. The molecule has 1 aromatic carbocycles. The van der Waals surface area contributed by atoms with Gasteiger partial charge in [-0.1, -0.05) is 13.0 Å². The standard InChI is InChI=1S/C21H29NO4/c1-3-15(23)11-21-8-9-22(12-13-4-5-13)17(20(21,2)26)10-14-6-7-16(24)19(25)18(14)21/h6-7,13,17,24-26H,3-5,8-12H2,1-2H3. The number of benzene rings is 1. The van der Waals surface area contributed by atoms with Crippen molar-refractivity contribution in [1.29, 1.82) is 0 Å². The number of phenols is 2. The molecule has 142 valence electrons. The number of aromatic hydroxyl groups is 2. The number of fused-ring (bicyclic) bond motifs is 4. The Labute approximate surface area is 154 Å². The van der Waals surface area contributed by atoms with Crippen molar-refractivity contribution in [2.75, 3.05) is 13.1 Å². The lowest BCUT2D eigenvalue weighted by molar-refractivity contribution is -0.148. The third kappa shape index (κ3) is 2.48. The van der Waals surface area contributed by atoms with Crippen LogP contribution in [0.4, 0.5) is 0 Å². The highest BCUT2D eigenvalue weighted by Gasteiger charge is 2.62. The van der Waals surface area contributed by atoms with Gasteiger partial charge in [0.15, 0.2) is 11.5 Å². The highest BCUT2D eigenvalue weighted by atomic mass is 16.3. The number of likely N-dealkylation sites (tertiary alicyclic amines) is 1. The van der Waals surface area contributed by atoms with E-state index in [-0.39, 0.29) is 29.7 Å². The number of hydrogen-bond donors (Lipinski definition) is 3. The second-order valence-corrected chi connectivity index (χ2v) is 8.67. The van der Waals surface area contributed by atoms with Gasteiger partial charge in [-0.3, -0.25) is 9.69 Å². The molecule has 2 fully saturated rings. The van der Waals surface area contributed by atoms with E-state index in [0.717, 1.165) is 24.6 Å². The van der Waals surface area contributed by atoms with Crippen LogP contribution in [0.15, 0.2) is 12.1 Å². The van der Waals surface area contributed by atoms with Crippen molar-refractivity contribution < 1.29 is 20.1 Å². The van der Waals surface area contributed by atoms with Gasteiger partial charge in [0.1, 0.15) is 5.78 Å². The molecule has 1 saturated heterocycles. The van der Waals surface area contributed by atoms with Crippen LogP contribution in [0.3, 0.4) is 0 Å². The Morgan fingerprint density at radius 3 is 2.69 bits per heavy atom. The van der Waals surface area contributed by atoms with Crippen LogP contribution in [0.5, 0.6) is 11.5 Å². The summed E-state index contributed by atoms with van der Waals surface area (Å²) in [6.07, 6.45) is 4.37. The van der Waals surface area contributed by atoms with Crippen molar-refractivity contribution in [2.45, 2.75) is 69.4 Å². The first-order chi connectivity index (χ1) is 12.3. The molecule has 26 heavy (non-hydrogen) atoms. The number of ketones is 1. The fourth-order valence-corrected chi connectivity index (χ4v) is 5.33. The van der Waals surface area contributed by atoms with Crippen LogP contribution in [-0.4, -0.2) is 50.7 Å². The summed E-state index contributed by atoms with van der Waals surface area (Å²) in [4.78, 5) is 14.9. The van der Waals surface area contributed by atoms with E-state index >= 15 is 0 Å². The Balaban J connectivity index is 1.85. The van der Waals surface area contributed by atoms with Gasteiger partial charge in [-0.25, -0.2) is 0 Å². The highest BCUT2D eigenvalue weighted by molar-refractivity contribution is 5.81. The number of carbonyl (C=O) groups is 1. The topological polar surface area (TPSA) is 81.0 Å². The van der Waals surface area contributed by atoms with Gasteiger partial charge in [0.05, 0.1) is 5.60 Å². The fraction of sp³-hybridized carbons (Fsp3) is 0.667. The van der Waals surface area contributed by atoms with Crippen molar-refractivity contribution in [2.24, 2.45) is 5.92 Å². The van der Waals surface area contributed by atoms with Crippen LogP contribution in [0.25, 0.3) is 0 Å². The second kappa shape index (κ2) is 5.96. The number of aliphatic hydroxyl groups is 1. The van der Waals surface area contributed by atoms with Crippen molar-refractivity contribution in [3.05, 3.63) is 23.3 Å². The summed E-state index contributed by atoms with van der Waals surface area (Å²) in [5, 5.41) is 32.5. The first-order valence-electron chi connectivity index (χ1n) is 9.82. The number of rotatable bonds is 5. The highest BCUT2D eigenvalue weighted by Crippen LogP contribution is 2.57. The summed E-state index contributed by atoms with van der Waals surface area (Å²) < 4.78 is 0. The maximum Gasteiger partial charge on any atom is 0.161 e. The van der Waals surface area contributed by atoms with E-state index in [4.69, 9.17) is 0 Å². The molecule has 0 spiro atoms. The van der Waals surface area contributed by atoms with Crippen LogP contribution in [-0.2, 0) is 16.6 Å². The van der Waals surface area contributed by atoms with Gasteiger partial charge in [-0.15, -0.1) is 0 Å². The third-order valence-corrected chi connectivity index (χ3v) is 7.10. The Kier molecular flexibility index (Phi) is 4.08. The molecule has 4 rings (SSSR count). The molecule has 3 N–H and O–H groups in total. The van der Waals surface area contributed by atoms with E-state index in [2.05, 4.69) is 4.90 Å². The maximum absolute atomic E-state index is 12.5. The minimum absolute atomic E-state index is 0.0713. The summed E-state index contributed by atoms with van der Waals surface area (Å²) in [5.74, 6) is 0.461. The minimum atomic E-state index is -1.14. The van der Waals surface area contributed by atoms with Gasteiger partial charge < -0.3 is 15.3 Å². The monoisotopic (exact) mass is 359 g/mol. The Bertz CT molecular complexity index is 740. The molecule has 3 atom stereocenters. The first kappa shape index (κ1) is 17.8. The Morgan fingerprint density at radius 1 is 1.31 bits per heavy atom. The van der Waals surface area contributed by atoms with Gasteiger partial charge >= 0.3 is 0 Å². The number of carbonyl (C=O) groups excluding carboxylic acids is 1. The molecule has 3 aliphatic rings. The Hall–Kier alpha value is -1.59. The van der Waals surface area contributed by atoms with Gasteiger partial charge in [-0.05, 0) is 56.7 Å². The zero-order valence-electron chi connectivity index (χ0n) is 15.7. The van der Waals surface area contributed by atoms with E-state index in [1.165, 1.54) is 18.9 Å².